The molecule has 0 atom stereocenters. The highest BCUT2D eigenvalue weighted by molar-refractivity contribution is 7.99. The molecule has 0 aliphatic rings. The first kappa shape index (κ1) is 14.7. The van der Waals surface area contributed by atoms with Gasteiger partial charge in [0.2, 0.25) is 0 Å². The molecule has 0 saturated heterocycles. The van der Waals surface area contributed by atoms with Gasteiger partial charge in [0.25, 0.3) is 5.69 Å². The molecule has 2 aromatic carbocycles. The summed E-state index contributed by atoms with van der Waals surface area (Å²) in [6, 6.07) is 14.2. The van der Waals surface area contributed by atoms with E-state index in [1.165, 1.54) is 12.1 Å². The molecule has 0 N–H and O–H groups in total. The number of nitrogens with zero attached hydrogens (tertiary/aromatic N) is 2. The van der Waals surface area contributed by atoms with E-state index in [4.69, 9.17) is 11.6 Å². The van der Waals surface area contributed by atoms with Crippen LogP contribution in [-0.4, -0.2) is 17.8 Å². The van der Waals surface area contributed by atoms with Gasteiger partial charge in [-0.1, -0.05) is 11.6 Å². The number of rotatable bonds is 5. The SMILES string of the molecule is CN(CSc1ccc(Cl)cc1)c1ccc([N+](=O)[O-])cc1. The Bertz CT molecular complexity index is 587. The molecule has 20 heavy (non-hydrogen) atoms. The zero-order valence-electron chi connectivity index (χ0n) is 10.8. The maximum Gasteiger partial charge on any atom is 0.269 e. The normalized spacial score (nSPS) is 10.3. The molecule has 0 saturated carbocycles. The van der Waals surface area contributed by atoms with Gasteiger partial charge in [0.15, 0.2) is 0 Å². The highest BCUT2D eigenvalue weighted by Crippen LogP contribution is 2.24. The van der Waals surface area contributed by atoms with Crippen LogP contribution >= 0.6 is 23.4 Å². The summed E-state index contributed by atoms with van der Waals surface area (Å²) in [7, 11) is 1.95. The molecule has 0 spiro atoms. The Balaban J connectivity index is 1.95. The molecular formula is C14H13ClN2O2S. The first-order valence-corrected chi connectivity index (χ1v) is 7.26. The van der Waals surface area contributed by atoms with Gasteiger partial charge < -0.3 is 4.90 Å². The number of benzene rings is 2. The molecule has 0 aromatic heterocycles. The third-order valence-electron chi connectivity index (χ3n) is 2.74. The van der Waals surface area contributed by atoms with Crippen molar-refractivity contribution in [2.45, 2.75) is 4.90 Å². The summed E-state index contributed by atoms with van der Waals surface area (Å²) in [5.41, 5.74) is 1.05. The van der Waals surface area contributed by atoms with Crippen molar-refractivity contribution in [1.29, 1.82) is 0 Å². The van der Waals surface area contributed by atoms with Crippen molar-refractivity contribution in [1.82, 2.24) is 0 Å². The van der Waals surface area contributed by atoms with Crippen LogP contribution in [0.25, 0.3) is 0 Å². The largest absolute Gasteiger partial charge is 0.365 e. The average Bonchev–Trinajstić information content (AvgIpc) is 2.46. The number of nitro benzene ring substituents is 1. The monoisotopic (exact) mass is 308 g/mol. The molecule has 0 bridgehead atoms. The van der Waals surface area contributed by atoms with Crippen LogP contribution in [0.5, 0.6) is 0 Å². The van der Waals surface area contributed by atoms with Gasteiger partial charge in [-0.15, -0.1) is 11.8 Å². The second-order valence-corrected chi connectivity index (χ2v) is 5.65. The lowest BCUT2D eigenvalue weighted by Gasteiger charge is -2.18. The fourth-order valence-electron chi connectivity index (χ4n) is 1.61. The van der Waals surface area contributed by atoms with E-state index in [9.17, 15) is 10.1 Å². The lowest BCUT2D eigenvalue weighted by atomic mass is 10.3. The van der Waals surface area contributed by atoms with Gasteiger partial charge in [-0.2, -0.15) is 0 Å². The number of hydrogen-bond acceptors (Lipinski definition) is 4. The average molecular weight is 309 g/mol. The lowest BCUT2D eigenvalue weighted by Crippen LogP contribution is -2.15. The number of anilines is 1. The maximum absolute atomic E-state index is 10.6. The predicted molar refractivity (Wildman–Crippen MR) is 83.7 cm³/mol. The van der Waals surface area contributed by atoms with Gasteiger partial charge in [-0.3, -0.25) is 10.1 Å². The number of hydrogen-bond donors (Lipinski definition) is 0. The zero-order valence-corrected chi connectivity index (χ0v) is 12.4. The first-order chi connectivity index (χ1) is 9.56. The minimum Gasteiger partial charge on any atom is -0.365 e. The van der Waals surface area contributed by atoms with E-state index >= 15 is 0 Å². The van der Waals surface area contributed by atoms with E-state index < -0.39 is 4.92 Å². The van der Waals surface area contributed by atoms with Crippen molar-refractivity contribution in [3.05, 3.63) is 63.7 Å². The summed E-state index contributed by atoms with van der Waals surface area (Å²) in [4.78, 5) is 13.4. The smallest absolute Gasteiger partial charge is 0.269 e. The van der Waals surface area contributed by atoms with Crippen LogP contribution in [0.3, 0.4) is 0 Å². The Morgan fingerprint density at radius 1 is 1.15 bits per heavy atom. The zero-order chi connectivity index (χ0) is 14.5. The number of non-ortho nitro benzene ring substituents is 1. The second-order valence-electron chi connectivity index (χ2n) is 4.20. The van der Waals surface area contributed by atoms with Crippen LogP contribution in [0.4, 0.5) is 11.4 Å². The molecule has 0 unspecified atom stereocenters. The van der Waals surface area contributed by atoms with Gasteiger partial charge in [0.05, 0.1) is 10.8 Å². The van der Waals surface area contributed by atoms with Crippen LogP contribution in [0.1, 0.15) is 0 Å². The molecule has 6 heteroatoms. The minimum absolute atomic E-state index is 0.104. The first-order valence-electron chi connectivity index (χ1n) is 5.90. The molecular weight excluding hydrogens is 296 g/mol. The van der Waals surface area contributed by atoms with Crippen LogP contribution in [0, 0.1) is 10.1 Å². The molecule has 0 aliphatic carbocycles. The van der Waals surface area contributed by atoms with E-state index in [1.807, 2.05) is 36.2 Å². The lowest BCUT2D eigenvalue weighted by molar-refractivity contribution is -0.384. The maximum atomic E-state index is 10.6. The fourth-order valence-corrected chi connectivity index (χ4v) is 2.55. The molecule has 0 fully saturated rings. The van der Waals surface area contributed by atoms with E-state index in [0.717, 1.165) is 21.5 Å². The van der Waals surface area contributed by atoms with Crippen LogP contribution in [0.15, 0.2) is 53.4 Å². The van der Waals surface area contributed by atoms with E-state index in [-0.39, 0.29) is 5.69 Å². The molecule has 0 radical (unpaired) electrons. The Hall–Kier alpha value is -1.72. The van der Waals surface area contributed by atoms with E-state index in [0.29, 0.717) is 0 Å². The second kappa shape index (κ2) is 6.63. The van der Waals surface area contributed by atoms with Crippen molar-refractivity contribution < 1.29 is 4.92 Å². The molecule has 4 nitrogen and oxygen atoms in total. The van der Waals surface area contributed by atoms with E-state index in [1.54, 1.807) is 23.9 Å². The van der Waals surface area contributed by atoms with Crippen molar-refractivity contribution in [2.24, 2.45) is 0 Å². The van der Waals surface area contributed by atoms with Gasteiger partial charge in [-0.25, -0.2) is 0 Å². The highest BCUT2D eigenvalue weighted by Gasteiger charge is 2.06. The molecule has 0 heterocycles. The standard InChI is InChI=1S/C14H13ClN2O2S/c1-16(10-20-14-8-2-11(15)3-9-14)12-4-6-13(7-5-12)17(18)19/h2-9H,10H2,1H3. The number of thioether (sulfide) groups is 1. The Kier molecular flexibility index (Phi) is 4.87. The van der Waals surface area contributed by atoms with Gasteiger partial charge in [0.1, 0.15) is 0 Å². The van der Waals surface area contributed by atoms with Crippen molar-refractivity contribution >= 4 is 34.7 Å². The molecule has 0 amide bonds. The summed E-state index contributed by atoms with van der Waals surface area (Å²) in [6.07, 6.45) is 0. The number of nitro groups is 1. The molecule has 2 rings (SSSR count). The third-order valence-corrected chi connectivity index (χ3v) is 4.11. The third kappa shape index (κ3) is 3.88. The Labute approximate surface area is 126 Å². The predicted octanol–water partition coefficient (Wildman–Crippen LogP) is 4.43. The summed E-state index contributed by atoms with van der Waals surface area (Å²) in [5, 5.41) is 11.3. The van der Waals surface area contributed by atoms with Gasteiger partial charge in [-0.05, 0) is 36.4 Å². The van der Waals surface area contributed by atoms with Crippen LogP contribution in [0.2, 0.25) is 5.02 Å². The van der Waals surface area contributed by atoms with Gasteiger partial charge in [0, 0.05) is 34.8 Å². The quantitative estimate of drug-likeness (QED) is 0.355. The van der Waals surface area contributed by atoms with Crippen molar-refractivity contribution in [3.63, 3.8) is 0 Å². The summed E-state index contributed by atoms with van der Waals surface area (Å²) >= 11 is 7.51. The van der Waals surface area contributed by atoms with Crippen LogP contribution < -0.4 is 4.90 Å². The summed E-state index contributed by atoms with van der Waals surface area (Å²) in [6.45, 7) is 0. The van der Waals surface area contributed by atoms with Crippen LogP contribution in [-0.2, 0) is 0 Å². The van der Waals surface area contributed by atoms with Crippen molar-refractivity contribution in [3.8, 4) is 0 Å². The fraction of sp³-hybridized carbons (Fsp3) is 0.143. The molecule has 2 aromatic rings. The van der Waals surface area contributed by atoms with Gasteiger partial charge >= 0.3 is 0 Å². The Morgan fingerprint density at radius 2 is 1.75 bits per heavy atom. The molecule has 104 valence electrons. The van der Waals surface area contributed by atoms with Crippen molar-refractivity contribution in [2.75, 3.05) is 17.8 Å². The molecule has 0 aliphatic heterocycles. The summed E-state index contributed by atoms with van der Waals surface area (Å²) in [5.74, 6) is 0.749. The van der Waals surface area contributed by atoms with E-state index in [2.05, 4.69) is 0 Å². The highest BCUT2D eigenvalue weighted by atomic mass is 35.5. The minimum atomic E-state index is -0.397. The topological polar surface area (TPSA) is 46.4 Å². The Morgan fingerprint density at radius 3 is 2.30 bits per heavy atom. The summed E-state index contributed by atoms with van der Waals surface area (Å²) < 4.78 is 0. The number of halogens is 1.